The minimum Gasteiger partial charge on any atom is -0.337 e. The van der Waals surface area contributed by atoms with Crippen LogP contribution in [0.25, 0.3) is 6.08 Å². The van der Waals surface area contributed by atoms with Crippen molar-refractivity contribution in [3.63, 3.8) is 0 Å². The lowest BCUT2D eigenvalue weighted by Gasteiger charge is -2.13. The maximum absolute atomic E-state index is 13.8. The molecule has 2 aromatic rings. The lowest BCUT2D eigenvalue weighted by molar-refractivity contribution is 0.536. The van der Waals surface area contributed by atoms with E-state index < -0.39 is 21.1 Å². The number of pyridine rings is 1. The van der Waals surface area contributed by atoms with Crippen LogP contribution < -0.4 is 5.43 Å². The molecule has 1 atom stereocenters. The van der Waals surface area contributed by atoms with Gasteiger partial charge in [0, 0.05) is 17.8 Å². The van der Waals surface area contributed by atoms with Gasteiger partial charge in [-0.15, -0.1) is 0 Å². The fraction of sp³-hybridized carbons (Fsp3) is 0.0714. The molecule has 0 saturated heterocycles. The summed E-state index contributed by atoms with van der Waals surface area (Å²) in [5.41, 5.74) is 0.131. The summed E-state index contributed by atoms with van der Waals surface area (Å²) in [6.07, 6.45) is 3.07. The summed E-state index contributed by atoms with van der Waals surface area (Å²) in [4.78, 5) is 11.8. The van der Waals surface area contributed by atoms with Gasteiger partial charge in [0.1, 0.15) is 21.9 Å². The molecule has 108 valence electrons. The van der Waals surface area contributed by atoms with Gasteiger partial charge in [0.05, 0.1) is 17.1 Å². The molecule has 1 aromatic heterocycles. The van der Waals surface area contributed by atoms with Crippen molar-refractivity contribution < 1.29 is 13.0 Å². The minimum atomic E-state index is -0.819. The van der Waals surface area contributed by atoms with Gasteiger partial charge in [0.25, 0.3) is 0 Å². The third-order valence-corrected chi connectivity index (χ3v) is 5.79. The van der Waals surface area contributed by atoms with Crippen LogP contribution in [0.1, 0.15) is 11.1 Å². The molecule has 1 aliphatic rings. The van der Waals surface area contributed by atoms with E-state index in [0.29, 0.717) is 20.8 Å². The van der Waals surface area contributed by atoms with E-state index in [1.54, 1.807) is 16.1 Å². The molecule has 21 heavy (non-hydrogen) atoms. The molecule has 2 heterocycles. The Morgan fingerprint density at radius 1 is 1.19 bits per heavy atom. The SMILES string of the molecule is O=S=S1C=Cc2c1n(Cc1c(F)cccc1F)ccc2=O. The molecule has 1 unspecified atom stereocenters. The van der Waals surface area contributed by atoms with Crippen LogP contribution in [0.4, 0.5) is 8.78 Å². The van der Waals surface area contributed by atoms with E-state index in [-0.39, 0.29) is 17.5 Å². The third kappa shape index (κ3) is 2.43. The first-order valence-electron chi connectivity index (χ1n) is 5.99. The second-order valence-corrected chi connectivity index (χ2v) is 7.27. The van der Waals surface area contributed by atoms with Gasteiger partial charge in [0.15, 0.2) is 5.43 Å². The summed E-state index contributed by atoms with van der Waals surface area (Å²) < 4.78 is 40.2. The Labute approximate surface area is 124 Å². The van der Waals surface area contributed by atoms with Crippen LogP contribution in [-0.4, -0.2) is 8.78 Å². The van der Waals surface area contributed by atoms with Gasteiger partial charge in [-0.3, -0.25) is 4.79 Å². The van der Waals surface area contributed by atoms with Crippen LogP contribution in [0.3, 0.4) is 0 Å². The van der Waals surface area contributed by atoms with Crippen molar-refractivity contribution in [3.05, 3.63) is 68.9 Å². The first-order chi connectivity index (χ1) is 10.1. The monoisotopic (exact) mass is 325 g/mol. The number of halogens is 2. The molecule has 0 saturated carbocycles. The van der Waals surface area contributed by atoms with Gasteiger partial charge < -0.3 is 4.57 Å². The van der Waals surface area contributed by atoms with Gasteiger partial charge in [0.2, 0.25) is 0 Å². The highest BCUT2D eigenvalue weighted by Crippen LogP contribution is 2.23. The third-order valence-electron chi connectivity index (χ3n) is 3.17. The molecule has 0 fully saturated rings. The Morgan fingerprint density at radius 2 is 1.90 bits per heavy atom. The molecule has 3 rings (SSSR count). The van der Waals surface area contributed by atoms with E-state index >= 15 is 0 Å². The molecule has 7 heteroatoms. The largest absolute Gasteiger partial charge is 0.337 e. The molecule has 0 amide bonds. The van der Waals surface area contributed by atoms with Crippen LogP contribution in [0, 0.1) is 11.6 Å². The highest BCUT2D eigenvalue weighted by atomic mass is 32.8. The predicted octanol–water partition coefficient (Wildman–Crippen LogP) is 2.26. The molecule has 1 aromatic carbocycles. The quantitative estimate of drug-likeness (QED) is 0.850. The Kier molecular flexibility index (Phi) is 3.69. The number of rotatable bonds is 2. The molecule has 0 bridgehead atoms. The summed E-state index contributed by atoms with van der Waals surface area (Å²) in [5, 5.41) is 2.17. The number of nitrogens with zero attached hydrogens (tertiary/aromatic N) is 1. The van der Waals surface area contributed by atoms with Crippen molar-refractivity contribution in [2.75, 3.05) is 0 Å². The Bertz CT molecular complexity index is 863. The standard InChI is InChI=1S/C14H9F2NO2S2/c15-11-2-1-3-12(16)10(11)8-17-6-4-13(18)9-5-7-21(20-19)14(9)17/h1-7H,8H2. The molecule has 0 radical (unpaired) electrons. The number of hydrogen-bond donors (Lipinski definition) is 0. The fourth-order valence-electron chi connectivity index (χ4n) is 2.18. The summed E-state index contributed by atoms with van der Waals surface area (Å²) in [6, 6.07) is 5.00. The first kappa shape index (κ1) is 14.1. The van der Waals surface area contributed by atoms with Gasteiger partial charge in [-0.2, -0.15) is 0 Å². The van der Waals surface area contributed by atoms with E-state index in [9.17, 15) is 17.8 Å². The van der Waals surface area contributed by atoms with Crippen molar-refractivity contribution in [1.29, 1.82) is 0 Å². The highest BCUT2D eigenvalue weighted by Gasteiger charge is 2.19. The van der Waals surface area contributed by atoms with E-state index in [1.165, 1.54) is 30.5 Å². The summed E-state index contributed by atoms with van der Waals surface area (Å²) in [6.45, 7) is -0.0626. The van der Waals surface area contributed by atoms with Gasteiger partial charge in [-0.25, -0.2) is 13.0 Å². The Morgan fingerprint density at radius 3 is 2.57 bits per heavy atom. The van der Waals surface area contributed by atoms with E-state index in [1.807, 2.05) is 0 Å². The molecule has 0 N–H and O–H groups in total. The van der Waals surface area contributed by atoms with E-state index in [4.69, 9.17) is 0 Å². The van der Waals surface area contributed by atoms with Crippen molar-refractivity contribution >= 4 is 25.8 Å². The van der Waals surface area contributed by atoms with Gasteiger partial charge >= 0.3 is 0 Å². The second kappa shape index (κ2) is 5.50. The second-order valence-electron chi connectivity index (χ2n) is 4.40. The van der Waals surface area contributed by atoms with Crippen molar-refractivity contribution in [2.45, 2.75) is 11.6 Å². The van der Waals surface area contributed by atoms with E-state index in [0.717, 1.165) is 0 Å². The Balaban J connectivity index is 2.17. The molecule has 0 aliphatic carbocycles. The Hall–Kier alpha value is -1.86. The minimum absolute atomic E-state index is 0.0626. The highest BCUT2D eigenvalue weighted by molar-refractivity contribution is 8.33. The normalized spacial score (nSPS) is 16.0. The zero-order chi connectivity index (χ0) is 15.0. The summed E-state index contributed by atoms with van der Waals surface area (Å²) >= 11 is 0. The fourth-order valence-corrected chi connectivity index (χ4v) is 4.47. The van der Waals surface area contributed by atoms with Crippen LogP contribution >= 0.6 is 0 Å². The molecule has 0 spiro atoms. The lowest BCUT2D eigenvalue weighted by Crippen LogP contribution is -2.15. The molecular weight excluding hydrogens is 316 g/mol. The maximum atomic E-state index is 13.8. The van der Waals surface area contributed by atoms with Crippen molar-refractivity contribution in [1.82, 2.24) is 4.57 Å². The van der Waals surface area contributed by atoms with Gasteiger partial charge in [-0.05, 0) is 33.1 Å². The van der Waals surface area contributed by atoms with Crippen molar-refractivity contribution in [3.8, 4) is 0 Å². The average Bonchev–Trinajstić information content (AvgIpc) is 2.90. The number of fused-ring (bicyclic) bond motifs is 1. The smallest absolute Gasteiger partial charge is 0.189 e. The first-order valence-corrected chi connectivity index (χ1v) is 8.54. The summed E-state index contributed by atoms with van der Waals surface area (Å²) in [7, 11) is -0.459. The van der Waals surface area contributed by atoms with Crippen molar-refractivity contribution in [2.24, 2.45) is 0 Å². The molecule has 3 nitrogen and oxygen atoms in total. The van der Waals surface area contributed by atoms with Crippen LogP contribution in [0.15, 0.2) is 45.7 Å². The number of benzene rings is 1. The topological polar surface area (TPSA) is 39.1 Å². The molecular formula is C14H9F2NO2S2. The zero-order valence-corrected chi connectivity index (χ0v) is 12.2. The summed E-state index contributed by atoms with van der Waals surface area (Å²) in [5.74, 6) is -1.30. The number of aromatic nitrogens is 1. The zero-order valence-electron chi connectivity index (χ0n) is 10.6. The van der Waals surface area contributed by atoms with Gasteiger partial charge in [-0.1, -0.05) is 6.07 Å². The lowest BCUT2D eigenvalue weighted by atomic mass is 10.2. The molecule has 1 aliphatic heterocycles. The van der Waals surface area contributed by atoms with Crippen LogP contribution in [-0.2, 0) is 26.2 Å². The van der Waals surface area contributed by atoms with Crippen LogP contribution in [0.2, 0.25) is 0 Å². The van der Waals surface area contributed by atoms with E-state index in [2.05, 4.69) is 0 Å². The van der Waals surface area contributed by atoms with Crippen LogP contribution in [0.5, 0.6) is 0 Å². The maximum Gasteiger partial charge on any atom is 0.189 e. The predicted molar refractivity (Wildman–Crippen MR) is 79.0 cm³/mol. The average molecular weight is 325 g/mol. The number of hydrogen-bond acceptors (Lipinski definition) is 2.